The molecule has 5 rings (SSSR count). The number of hydrogen-bond donors (Lipinski definition) is 1. The zero-order valence-electron chi connectivity index (χ0n) is 21.6. The molecule has 3 aromatic rings. The molecular weight excluding hydrogens is 486 g/mol. The van der Waals surface area contributed by atoms with Gasteiger partial charge in [-0.2, -0.15) is 0 Å². The highest BCUT2D eigenvalue weighted by Gasteiger charge is 2.28. The van der Waals surface area contributed by atoms with E-state index in [1.807, 2.05) is 43.5 Å². The summed E-state index contributed by atoms with van der Waals surface area (Å²) in [5.74, 6) is 1.79. The van der Waals surface area contributed by atoms with Crippen LogP contribution < -0.4 is 10.1 Å². The molecule has 0 unspecified atom stereocenters. The quantitative estimate of drug-likeness (QED) is 0.387. The van der Waals surface area contributed by atoms with Crippen LogP contribution in [0.25, 0.3) is 21.8 Å². The van der Waals surface area contributed by atoms with Crippen molar-refractivity contribution in [1.82, 2.24) is 19.9 Å². The Bertz CT molecular complexity index is 1180. The Kier molecular flexibility index (Phi) is 8.18. The van der Waals surface area contributed by atoms with Crippen molar-refractivity contribution in [2.24, 2.45) is 0 Å². The first-order valence-electron chi connectivity index (χ1n) is 13.3. The highest BCUT2D eigenvalue weighted by molar-refractivity contribution is 7.15. The third-order valence-electron chi connectivity index (χ3n) is 7.20. The van der Waals surface area contributed by atoms with E-state index < -0.39 is 0 Å². The summed E-state index contributed by atoms with van der Waals surface area (Å²) in [4.78, 5) is 29.6. The number of amides is 1. The van der Waals surface area contributed by atoms with Crippen molar-refractivity contribution < 1.29 is 14.3 Å². The van der Waals surface area contributed by atoms with Gasteiger partial charge in [-0.25, -0.2) is 19.7 Å². The molecule has 0 bridgehead atoms. The standard InChI is InChI=1S/C28H35N5O3S/c1-3-36-28(34)33-17-14-20(15-18-33)26-32-24(19-9-11-22(35-2)12-10-19)25(37-26)23-13-16-29-27(31-23)30-21-7-5-4-6-8-21/h9-13,16,20-21H,3-8,14-15,17-18H2,1-2H3,(H,29,30,31). The van der Waals surface area contributed by atoms with Crippen LogP contribution in [-0.2, 0) is 4.74 Å². The number of methoxy groups -OCH3 is 1. The van der Waals surface area contributed by atoms with Gasteiger partial charge < -0.3 is 19.7 Å². The molecule has 9 heteroatoms. The summed E-state index contributed by atoms with van der Waals surface area (Å²) in [5.41, 5.74) is 2.84. The van der Waals surface area contributed by atoms with E-state index in [9.17, 15) is 4.79 Å². The fraction of sp³-hybridized carbons (Fsp3) is 0.500. The molecule has 1 aliphatic carbocycles. The number of hydrogen-bond acceptors (Lipinski definition) is 8. The van der Waals surface area contributed by atoms with E-state index in [4.69, 9.17) is 19.4 Å². The van der Waals surface area contributed by atoms with Gasteiger partial charge in [-0.3, -0.25) is 0 Å². The van der Waals surface area contributed by atoms with Crippen molar-refractivity contribution in [1.29, 1.82) is 0 Å². The average Bonchev–Trinajstić information content (AvgIpc) is 3.40. The second kappa shape index (κ2) is 11.9. The fourth-order valence-corrected chi connectivity index (χ4v) is 6.36. The van der Waals surface area contributed by atoms with Crippen molar-refractivity contribution >= 4 is 23.4 Å². The number of anilines is 1. The summed E-state index contributed by atoms with van der Waals surface area (Å²) >= 11 is 1.70. The number of nitrogens with zero attached hydrogens (tertiary/aromatic N) is 4. The monoisotopic (exact) mass is 521 g/mol. The molecule has 2 aromatic heterocycles. The fourth-order valence-electron chi connectivity index (χ4n) is 5.14. The smallest absolute Gasteiger partial charge is 0.409 e. The SMILES string of the molecule is CCOC(=O)N1CCC(c2nc(-c3ccc(OC)cc3)c(-c3ccnc(NC4CCCCC4)n3)s2)CC1. The summed E-state index contributed by atoms with van der Waals surface area (Å²) in [6.07, 6.45) is 9.50. The molecule has 0 atom stereocenters. The summed E-state index contributed by atoms with van der Waals surface area (Å²) in [6.45, 7) is 3.60. The second-order valence-electron chi connectivity index (χ2n) is 9.66. The Morgan fingerprint density at radius 3 is 2.51 bits per heavy atom. The number of piperidine rings is 1. The zero-order chi connectivity index (χ0) is 25.6. The number of rotatable bonds is 7. The first-order chi connectivity index (χ1) is 18.1. The first-order valence-corrected chi connectivity index (χ1v) is 14.1. The zero-order valence-corrected chi connectivity index (χ0v) is 22.4. The van der Waals surface area contributed by atoms with Gasteiger partial charge in [0.1, 0.15) is 5.75 Å². The van der Waals surface area contributed by atoms with Gasteiger partial charge >= 0.3 is 6.09 Å². The topological polar surface area (TPSA) is 89.5 Å². The average molecular weight is 522 g/mol. The number of ether oxygens (including phenoxy) is 2. The van der Waals surface area contributed by atoms with E-state index in [-0.39, 0.29) is 6.09 Å². The van der Waals surface area contributed by atoms with Crippen LogP contribution >= 0.6 is 11.3 Å². The normalized spacial score (nSPS) is 17.0. The minimum atomic E-state index is -0.223. The van der Waals surface area contributed by atoms with Crippen molar-refractivity contribution in [2.45, 2.75) is 63.8 Å². The number of carbonyl (C=O) groups excluding carboxylic acids is 1. The number of nitrogens with one attached hydrogen (secondary N) is 1. The number of likely N-dealkylation sites (tertiary alicyclic amines) is 1. The van der Waals surface area contributed by atoms with Crippen LogP contribution in [0.2, 0.25) is 0 Å². The maximum absolute atomic E-state index is 12.2. The van der Waals surface area contributed by atoms with Crippen LogP contribution in [0.15, 0.2) is 36.5 Å². The van der Waals surface area contributed by atoms with Crippen LogP contribution in [-0.4, -0.2) is 58.8 Å². The lowest BCUT2D eigenvalue weighted by Crippen LogP contribution is -2.38. The first kappa shape index (κ1) is 25.4. The van der Waals surface area contributed by atoms with Gasteiger partial charge in [0.05, 0.1) is 35.0 Å². The number of thiazole rings is 1. The summed E-state index contributed by atoms with van der Waals surface area (Å²) in [5, 5.41) is 4.65. The molecule has 196 valence electrons. The maximum Gasteiger partial charge on any atom is 0.409 e. The third kappa shape index (κ3) is 6.04. The van der Waals surface area contributed by atoms with Crippen LogP contribution in [0.1, 0.15) is 62.8 Å². The lowest BCUT2D eigenvalue weighted by atomic mass is 9.96. The predicted octanol–water partition coefficient (Wildman–Crippen LogP) is 6.36. The molecular formula is C28H35N5O3S. The Hall–Kier alpha value is -3.20. The largest absolute Gasteiger partial charge is 0.497 e. The minimum Gasteiger partial charge on any atom is -0.497 e. The molecule has 0 spiro atoms. The van der Waals surface area contributed by atoms with E-state index in [2.05, 4.69) is 10.3 Å². The van der Waals surface area contributed by atoms with Gasteiger partial charge in [0, 0.05) is 36.8 Å². The maximum atomic E-state index is 12.2. The molecule has 1 amide bonds. The van der Waals surface area contributed by atoms with E-state index in [0.717, 1.165) is 45.4 Å². The van der Waals surface area contributed by atoms with Crippen molar-refractivity contribution in [3.63, 3.8) is 0 Å². The molecule has 1 saturated heterocycles. The van der Waals surface area contributed by atoms with Crippen molar-refractivity contribution in [3.05, 3.63) is 41.5 Å². The van der Waals surface area contributed by atoms with Crippen molar-refractivity contribution in [2.75, 3.05) is 32.1 Å². The van der Waals surface area contributed by atoms with Gasteiger partial charge in [0.15, 0.2) is 0 Å². The van der Waals surface area contributed by atoms with Crippen LogP contribution in [0.3, 0.4) is 0 Å². The summed E-state index contributed by atoms with van der Waals surface area (Å²) in [6, 6.07) is 10.4. The molecule has 0 radical (unpaired) electrons. The molecule has 3 heterocycles. The predicted molar refractivity (Wildman–Crippen MR) is 146 cm³/mol. The van der Waals surface area contributed by atoms with Crippen molar-refractivity contribution in [3.8, 4) is 27.6 Å². The van der Waals surface area contributed by atoms with Gasteiger partial charge in [-0.05, 0) is 62.9 Å². The van der Waals surface area contributed by atoms with E-state index in [0.29, 0.717) is 37.6 Å². The summed E-state index contributed by atoms with van der Waals surface area (Å²) < 4.78 is 10.6. The number of benzene rings is 1. The summed E-state index contributed by atoms with van der Waals surface area (Å²) in [7, 11) is 1.67. The Morgan fingerprint density at radius 2 is 1.81 bits per heavy atom. The van der Waals surface area contributed by atoms with Crippen LogP contribution in [0, 0.1) is 0 Å². The lowest BCUT2D eigenvalue weighted by molar-refractivity contribution is 0.0970. The molecule has 1 aliphatic heterocycles. The van der Waals surface area contributed by atoms with E-state index >= 15 is 0 Å². The number of aromatic nitrogens is 3. The highest BCUT2D eigenvalue weighted by Crippen LogP contribution is 2.41. The molecule has 2 aliphatic rings. The van der Waals surface area contributed by atoms with E-state index in [1.165, 1.54) is 32.1 Å². The second-order valence-corrected chi connectivity index (χ2v) is 10.7. The Morgan fingerprint density at radius 1 is 1.05 bits per heavy atom. The van der Waals surface area contributed by atoms with E-state index in [1.54, 1.807) is 23.3 Å². The Balaban J connectivity index is 1.43. The molecule has 1 N–H and O–H groups in total. The Labute approximate surface area is 222 Å². The van der Waals surface area contributed by atoms with Gasteiger partial charge in [0.2, 0.25) is 5.95 Å². The molecule has 8 nitrogen and oxygen atoms in total. The minimum absolute atomic E-state index is 0.223. The van der Waals surface area contributed by atoms with Crippen LogP contribution in [0.5, 0.6) is 5.75 Å². The number of carbonyl (C=O) groups is 1. The molecule has 1 saturated carbocycles. The molecule has 37 heavy (non-hydrogen) atoms. The molecule has 1 aromatic carbocycles. The van der Waals surface area contributed by atoms with Gasteiger partial charge in [-0.1, -0.05) is 19.3 Å². The molecule has 2 fully saturated rings. The highest BCUT2D eigenvalue weighted by atomic mass is 32.1. The van der Waals surface area contributed by atoms with Crippen LogP contribution in [0.4, 0.5) is 10.7 Å². The van der Waals surface area contributed by atoms with Gasteiger partial charge in [0.25, 0.3) is 0 Å². The third-order valence-corrected chi connectivity index (χ3v) is 8.44. The lowest BCUT2D eigenvalue weighted by Gasteiger charge is -2.30. The van der Waals surface area contributed by atoms with Gasteiger partial charge in [-0.15, -0.1) is 11.3 Å².